The topological polar surface area (TPSA) is 69.7 Å². The van der Waals surface area contributed by atoms with Gasteiger partial charge in [-0.3, -0.25) is 9.78 Å². The summed E-state index contributed by atoms with van der Waals surface area (Å²) in [7, 11) is 4.59. The third-order valence-corrected chi connectivity index (χ3v) is 3.06. The molecule has 2 aromatic rings. The molecule has 0 atom stereocenters. The minimum absolute atomic E-state index is 0.138. The molecule has 22 heavy (non-hydrogen) atoms. The van der Waals surface area contributed by atoms with Crippen molar-refractivity contribution in [2.75, 3.05) is 26.6 Å². The molecule has 0 spiro atoms. The Bertz CT molecular complexity index is 619. The molecule has 1 amide bonds. The van der Waals surface area contributed by atoms with Gasteiger partial charge in [0.2, 0.25) is 11.7 Å². The van der Waals surface area contributed by atoms with E-state index in [0.29, 0.717) is 22.9 Å². The number of carbonyl (C=O) groups excluding carboxylic acids is 1. The standard InChI is InChI=1S/C16H18N2O4/c1-20-13-9-12(10-14(21-2)16(13)22-3)18-15(19)8-11-4-6-17-7-5-11/h4-7,9-10H,8H2,1-3H3,(H,18,19). The summed E-state index contributed by atoms with van der Waals surface area (Å²) in [5.41, 5.74) is 1.47. The molecule has 1 aromatic carbocycles. The number of nitrogens with one attached hydrogen (secondary N) is 1. The molecule has 1 aromatic heterocycles. The molecule has 0 aliphatic carbocycles. The number of benzene rings is 1. The van der Waals surface area contributed by atoms with E-state index in [1.165, 1.54) is 21.3 Å². The van der Waals surface area contributed by atoms with E-state index in [1.807, 2.05) is 0 Å². The Morgan fingerprint density at radius 1 is 1.05 bits per heavy atom. The Kier molecular flexibility index (Phi) is 5.19. The molecule has 0 saturated carbocycles. The zero-order chi connectivity index (χ0) is 15.9. The number of rotatable bonds is 6. The maximum atomic E-state index is 12.1. The lowest BCUT2D eigenvalue weighted by atomic mass is 10.2. The summed E-state index contributed by atoms with van der Waals surface area (Å²) >= 11 is 0. The molecule has 1 N–H and O–H groups in total. The summed E-state index contributed by atoms with van der Waals surface area (Å²) in [5.74, 6) is 1.32. The molecule has 6 heteroatoms. The zero-order valence-corrected chi connectivity index (χ0v) is 12.8. The Morgan fingerprint density at radius 2 is 1.64 bits per heavy atom. The summed E-state index contributed by atoms with van der Waals surface area (Å²) in [4.78, 5) is 16.0. The van der Waals surface area contributed by atoms with E-state index in [-0.39, 0.29) is 12.3 Å². The molecule has 0 bridgehead atoms. The lowest BCUT2D eigenvalue weighted by molar-refractivity contribution is -0.115. The smallest absolute Gasteiger partial charge is 0.228 e. The summed E-state index contributed by atoms with van der Waals surface area (Å²) in [5, 5.41) is 2.82. The number of hydrogen-bond donors (Lipinski definition) is 1. The molecule has 0 unspecified atom stereocenters. The quantitative estimate of drug-likeness (QED) is 0.886. The number of hydrogen-bond acceptors (Lipinski definition) is 5. The number of ether oxygens (including phenoxy) is 3. The van der Waals surface area contributed by atoms with E-state index >= 15 is 0 Å². The van der Waals surface area contributed by atoms with Gasteiger partial charge in [-0.25, -0.2) is 0 Å². The summed E-state index contributed by atoms with van der Waals surface area (Å²) in [6.45, 7) is 0. The summed E-state index contributed by atoms with van der Waals surface area (Å²) in [6.07, 6.45) is 3.57. The van der Waals surface area contributed by atoms with Gasteiger partial charge in [0, 0.05) is 30.2 Å². The first kappa shape index (κ1) is 15.6. The molecule has 0 radical (unpaired) electrons. The van der Waals surface area contributed by atoms with Gasteiger partial charge in [-0.2, -0.15) is 0 Å². The monoisotopic (exact) mass is 302 g/mol. The average molecular weight is 302 g/mol. The van der Waals surface area contributed by atoms with Crippen LogP contribution < -0.4 is 19.5 Å². The first-order chi connectivity index (χ1) is 10.7. The second-order valence-electron chi connectivity index (χ2n) is 4.49. The molecular formula is C16H18N2O4. The Balaban J connectivity index is 2.17. The number of aromatic nitrogens is 1. The summed E-state index contributed by atoms with van der Waals surface area (Å²) in [6, 6.07) is 6.97. The highest BCUT2D eigenvalue weighted by Gasteiger charge is 2.14. The van der Waals surface area contributed by atoms with Gasteiger partial charge in [0.25, 0.3) is 0 Å². The van der Waals surface area contributed by atoms with Crippen molar-refractivity contribution in [2.45, 2.75) is 6.42 Å². The molecule has 0 saturated heterocycles. The van der Waals surface area contributed by atoms with Gasteiger partial charge in [0.15, 0.2) is 11.5 Å². The maximum Gasteiger partial charge on any atom is 0.228 e. The number of amides is 1. The van der Waals surface area contributed by atoms with Crippen LogP contribution in [-0.2, 0) is 11.2 Å². The highest BCUT2D eigenvalue weighted by atomic mass is 16.5. The van der Waals surface area contributed by atoms with E-state index in [0.717, 1.165) is 5.56 Å². The fraction of sp³-hybridized carbons (Fsp3) is 0.250. The second kappa shape index (κ2) is 7.31. The van der Waals surface area contributed by atoms with Crippen LogP contribution in [0.1, 0.15) is 5.56 Å². The van der Waals surface area contributed by atoms with Gasteiger partial charge in [0.05, 0.1) is 27.8 Å². The van der Waals surface area contributed by atoms with Crippen molar-refractivity contribution in [3.8, 4) is 17.2 Å². The minimum Gasteiger partial charge on any atom is -0.493 e. The first-order valence-corrected chi connectivity index (χ1v) is 6.66. The van der Waals surface area contributed by atoms with E-state index < -0.39 is 0 Å². The van der Waals surface area contributed by atoms with Crippen LogP contribution in [-0.4, -0.2) is 32.2 Å². The van der Waals surface area contributed by atoms with E-state index in [4.69, 9.17) is 14.2 Å². The van der Waals surface area contributed by atoms with Crippen molar-refractivity contribution in [1.82, 2.24) is 4.98 Å². The van der Waals surface area contributed by atoms with Gasteiger partial charge in [-0.05, 0) is 17.7 Å². The largest absolute Gasteiger partial charge is 0.493 e. The Morgan fingerprint density at radius 3 is 2.14 bits per heavy atom. The van der Waals surface area contributed by atoms with Gasteiger partial charge in [-0.15, -0.1) is 0 Å². The van der Waals surface area contributed by atoms with Crippen LogP contribution in [0.15, 0.2) is 36.7 Å². The lowest BCUT2D eigenvalue weighted by Crippen LogP contribution is -2.14. The zero-order valence-electron chi connectivity index (χ0n) is 12.8. The number of pyridine rings is 1. The first-order valence-electron chi connectivity index (χ1n) is 6.66. The molecule has 2 rings (SSSR count). The van der Waals surface area contributed by atoms with Crippen LogP contribution in [0.25, 0.3) is 0 Å². The normalized spacial score (nSPS) is 9.95. The Labute approximate surface area is 129 Å². The van der Waals surface area contributed by atoms with Gasteiger partial charge < -0.3 is 19.5 Å². The number of nitrogens with zero attached hydrogens (tertiary/aromatic N) is 1. The van der Waals surface area contributed by atoms with Crippen LogP contribution in [0.3, 0.4) is 0 Å². The van der Waals surface area contributed by atoms with Crippen molar-refractivity contribution < 1.29 is 19.0 Å². The van der Waals surface area contributed by atoms with Crippen molar-refractivity contribution in [2.24, 2.45) is 0 Å². The lowest BCUT2D eigenvalue weighted by Gasteiger charge is -2.14. The van der Waals surface area contributed by atoms with Gasteiger partial charge in [0.1, 0.15) is 0 Å². The minimum atomic E-state index is -0.138. The summed E-state index contributed by atoms with van der Waals surface area (Å²) < 4.78 is 15.8. The van der Waals surface area contributed by atoms with Crippen LogP contribution in [0.5, 0.6) is 17.2 Å². The van der Waals surface area contributed by atoms with E-state index in [9.17, 15) is 4.79 Å². The van der Waals surface area contributed by atoms with E-state index in [2.05, 4.69) is 10.3 Å². The fourth-order valence-electron chi connectivity index (χ4n) is 2.04. The predicted octanol–water partition coefficient (Wildman–Crippen LogP) is 2.29. The van der Waals surface area contributed by atoms with Gasteiger partial charge >= 0.3 is 0 Å². The number of methoxy groups -OCH3 is 3. The Hall–Kier alpha value is -2.76. The second-order valence-corrected chi connectivity index (χ2v) is 4.49. The van der Waals surface area contributed by atoms with Crippen molar-refractivity contribution in [1.29, 1.82) is 0 Å². The number of anilines is 1. The van der Waals surface area contributed by atoms with E-state index in [1.54, 1.807) is 36.7 Å². The third kappa shape index (κ3) is 3.66. The number of carbonyl (C=O) groups is 1. The predicted molar refractivity (Wildman–Crippen MR) is 82.7 cm³/mol. The average Bonchev–Trinajstić information content (AvgIpc) is 2.54. The molecule has 6 nitrogen and oxygen atoms in total. The maximum absolute atomic E-state index is 12.1. The molecule has 0 aliphatic heterocycles. The van der Waals surface area contributed by atoms with Crippen molar-refractivity contribution in [3.05, 3.63) is 42.2 Å². The molecule has 0 aliphatic rings. The molecule has 1 heterocycles. The highest BCUT2D eigenvalue weighted by molar-refractivity contribution is 5.93. The molecule has 0 fully saturated rings. The van der Waals surface area contributed by atoms with Gasteiger partial charge in [-0.1, -0.05) is 0 Å². The van der Waals surface area contributed by atoms with Crippen molar-refractivity contribution >= 4 is 11.6 Å². The molecular weight excluding hydrogens is 284 g/mol. The molecule has 116 valence electrons. The van der Waals surface area contributed by atoms with Crippen LogP contribution in [0, 0.1) is 0 Å². The van der Waals surface area contributed by atoms with Crippen LogP contribution in [0.4, 0.5) is 5.69 Å². The van der Waals surface area contributed by atoms with Crippen LogP contribution in [0.2, 0.25) is 0 Å². The third-order valence-electron chi connectivity index (χ3n) is 3.06. The van der Waals surface area contributed by atoms with Crippen LogP contribution >= 0.6 is 0 Å². The fourth-order valence-corrected chi connectivity index (χ4v) is 2.04. The van der Waals surface area contributed by atoms with Crippen molar-refractivity contribution in [3.63, 3.8) is 0 Å². The SMILES string of the molecule is COc1cc(NC(=O)Cc2ccncc2)cc(OC)c1OC. The highest BCUT2D eigenvalue weighted by Crippen LogP contribution is 2.39.